The molecule has 3 nitrogen and oxygen atoms in total. The van der Waals surface area contributed by atoms with Crippen molar-refractivity contribution in [1.82, 2.24) is 15.3 Å². The fourth-order valence-corrected chi connectivity index (χ4v) is 4.89. The van der Waals surface area contributed by atoms with Crippen molar-refractivity contribution in [3.63, 3.8) is 0 Å². The van der Waals surface area contributed by atoms with E-state index in [-0.39, 0.29) is 0 Å². The van der Waals surface area contributed by atoms with Crippen LogP contribution in [-0.4, -0.2) is 17.0 Å². The molecule has 1 heterocycles. The van der Waals surface area contributed by atoms with Crippen LogP contribution in [0.1, 0.15) is 30.9 Å². The molecule has 3 aliphatic carbocycles. The summed E-state index contributed by atoms with van der Waals surface area (Å²) in [4.78, 5) is 8.32. The molecule has 0 amide bonds. The van der Waals surface area contributed by atoms with Crippen molar-refractivity contribution in [2.45, 2.75) is 25.3 Å². The molecule has 0 aliphatic heterocycles. The van der Waals surface area contributed by atoms with E-state index in [1.54, 1.807) is 6.33 Å². The van der Waals surface area contributed by atoms with Crippen LogP contribution in [0.4, 0.5) is 0 Å². The molecular weight excluding hydrogens is 210 g/mol. The van der Waals surface area contributed by atoms with E-state index < -0.39 is 0 Å². The third-order valence-electron chi connectivity index (χ3n) is 5.43. The Labute approximate surface area is 102 Å². The summed E-state index contributed by atoms with van der Waals surface area (Å²) >= 11 is 0. The molecule has 5 unspecified atom stereocenters. The van der Waals surface area contributed by atoms with Crippen molar-refractivity contribution >= 4 is 0 Å². The van der Waals surface area contributed by atoms with E-state index in [0.29, 0.717) is 6.04 Å². The van der Waals surface area contributed by atoms with Gasteiger partial charge in [0.25, 0.3) is 0 Å². The molecule has 1 aromatic rings. The molecule has 17 heavy (non-hydrogen) atoms. The van der Waals surface area contributed by atoms with Gasteiger partial charge in [-0.2, -0.15) is 0 Å². The number of fused-ring (bicyclic) bond motifs is 5. The summed E-state index contributed by atoms with van der Waals surface area (Å²) in [6.07, 6.45) is 10.1. The third-order valence-corrected chi connectivity index (χ3v) is 5.43. The minimum absolute atomic E-state index is 0.481. The Hall–Kier alpha value is -0.960. The van der Waals surface area contributed by atoms with Gasteiger partial charge in [-0.15, -0.1) is 0 Å². The topological polar surface area (TPSA) is 37.8 Å². The van der Waals surface area contributed by atoms with Crippen molar-refractivity contribution in [3.8, 4) is 0 Å². The van der Waals surface area contributed by atoms with Gasteiger partial charge < -0.3 is 5.32 Å². The predicted octanol–water partition coefficient (Wildman–Crippen LogP) is 2.03. The fraction of sp³-hybridized carbons (Fsp3) is 0.714. The van der Waals surface area contributed by atoms with Crippen molar-refractivity contribution in [2.75, 3.05) is 7.05 Å². The van der Waals surface area contributed by atoms with Crippen LogP contribution in [0.15, 0.2) is 18.7 Å². The van der Waals surface area contributed by atoms with Crippen LogP contribution in [0.25, 0.3) is 0 Å². The Balaban J connectivity index is 1.59. The van der Waals surface area contributed by atoms with Gasteiger partial charge in [0.1, 0.15) is 6.33 Å². The first-order valence-electron chi connectivity index (χ1n) is 6.82. The summed E-state index contributed by atoms with van der Waals surface area (Å²) in [5.41, 5.74) is 1.27. The van der Waals surface area contributed by atoms with Gasteiger partial charge in [-0.25, -0.2) is 9.97 Å². The van der Waals surface area contributed by atoms with Gasteiger partial charge in [-0.3, -0.25) is 0 Å². The monoisotopic (exact) mass is 229 g/mol. The van der Waals surface area contributed by atoms with E-state index in [9.17, 15) is 0 Å². The van der Waals surface area contributed by atoms with Crippen molar-refractivity contribution < 1.29 is 0 Å². The van der Waals surface area contributed by atoms with E-state index in [1.807, 2.05) is 12.4 Å². The summed E-state index contributed by atoms with van der Waals surface area (Å²) in [5.74, 6) is 4.95. The zero-order chi connectivity index (χ0) is 11.4. The Morgan fingerprint density at radius 2 is 1.82 bits per heavy atom. The number of aromatic nitrogens is 2. The highest BCUT2D eigenvalue weighted by Crippen LogP contribution is 2.72. The molecule has 3 heteroatoms. The Bertz CT molecular complexity index is 403. The predicted molar refractivity (Wildman–Crippen MR) is 65.1 cm³/mol. The minimum atomic E-state index is 0.481. The smallest absolute Gasteiger partial charge is 0.115 e. The van der Waals surface area contributed by atoms with Gasteiger partial charge in [0.2, 0.25) is 0 Å². The molecule has 1 N–H and O–H groups in total. The number of nitrogens with one attached hydrogen (secondary N) is 1. The number of hydrogen-bond donors (Lipinski definition) is 1. The molecule has 0 radical (unpaired) electrons. The number of nitrogens with zero attached hydrogens (tertiary/aromatic N) is 2. The van der Waals surface area contributed by atoms with Crippen LogP contribution in [0.5, 0.6) is 0 Å². The summed E-state index contributed by atoms with van der Waals surface area (Å²) in [6, 6.07) is 0.481. The number of rotatable bonds is 3. The van der Waals surface area contributed by atoms with E-state index in [4.69, 9.17) is 0 Å². The largest absolute Gasteiger partial charge is 0.313 e. The van der Waals surface area contributed by atoms with Crippen molar-refractivity contribution in [2.24, 2.45) is 29.6 Å². The standard InChI is InChI=1S/C14H19N3/c1-15-14(10-5-16-7-17-6-10)13-11-8-2-3-9(4-8)12(11)13/h5-9,11-15H,2-4H2,1H3. The van der Waals surface area contributed by atoms with Crippen molar-refractivity contribution in [3.05, 3.63) is 24.3 Å². The first kappa shape index (κ1) is 10.0. The lowest BCUT2D eigenvalue weighted by atomic mass is 9.94. The fourth-order valence-electron chi connectivity index (χ4n) is 4.89. The Morgan fingerprint density at radius 3 is 2.41 bits per heavy atom. The number of hydrogen-bond acceptors (Lipinski definition) is 3. The summed E-state index contributed by atoms with van der Waals surface area (Å²) < 4.78 is 0. The van der Waals surface area contributed by atoms with Crippen LogP contribution in [-0.2, 0) is 0 Å². The first-order chi connectivity index (χ1) is 8.40. The third kappa shape index (κ3) is 1.32. The molecule has 4 rings (SSSR count). The molecule has 5 atom stereocenters. The quantitative estimate of drug-likeness (QED) is 0.861. The lowest BCUT2D eigenvalue weighted by Crippen LogP contribution is -2.22. The Kier molecular flexibility index (Phi) is 2.07. The maximum Gasteiger partial charge on any atom is 0.115 e. The summed E-state index contributed by atoms with van der Waals surface area (Å²) in [5, 5.41) is 3.50. The summed E-state index contributed by atoms with van der Waals surface area (Å²) in [7, 11) is 2.08. The van der Waals surface area contributed by atoms with Crippen LogP contribution in [0, 0.1) is 29.6 Å². The molecule has 90 valence electrons. The molecule has 0 spiro atoms. The SMILES string of the molecule is CNC(c1cncnc1)C1C2C3CCC(C3)C21. The van der Waals surface area contributed by atoms with Gasteiger partial charge in [0, 0.05) is 24.0 Å². The van der Waals surface area contributed by atoms with E-state index in [1.165, 1.54) is 24.8 Å². The Morgan fingerprint density at radius 1 is 1.18 bits per heavy atom. The van der Waals surface area contributed by atoms with Gasteiger partial charge in [0.05, 0.1) is 0 Å². The molecule has 1 aromatic heterocycles. The highest BCUT2D eigenvalue weighted by molar-refractivity contribution is 5.22. The second-order valence-electron chi connectivity index (χ2n) is 6.00. The molecule has 0 aromatic carbocycles. The highest BCUT2D eigenvalue weighted by Gasteiger charge is 2.66. The summed E-state index contributed by atoms with van der Waals surface area (Å²) in [6.45, 7) is 0. The highest BCUT2D eigenvalue weighted by atomic mass is 14.9. The molecule has 2 bridgehead atoms. The average molecular weight is 229 g/mol. The maximum absolute atomic E-state index is 4.16. The van der Waals surface area contributed by atoms with E-state index in [0.717, 1.165) is 29.6 Å². The first-order valence-corrected chi connectivity index (χ1v) is 6.82. The lowest BCUT2D eigenvalue weighted by molar-refractivity contribution is 0.384. The lowest BCUT2D eigenvalue weighted by Gasteiger charge is -2.19. The molecule has 0 saturated heterocycles. The molecule has 3 saturated carbocycles. The maximum atomic E-state index is 4.16. The van der Waals surface area contributed by atoms with Gasteiger partial charge in [-0.1, -0.05) is 0 Å². The molecule has 3 aliphatic rings. The molecular formula is C14H19N3. The van der Waals surface area contributed by atoms with Gasteiger partial charge in [0.15, 0.2) is 0 Å². The van der Waals surface area contributed by atoms with E-state index >= 15 is 0 Å². The van der Waals surface area contributed by atoms with Gasteiger partial charge >= 0.3 is 0 Å². The molecule has 3 fully saturated rings. The van der Waals surface area contributed by atoms with Crippen LogP contribution in [0.2, 0.25) is 0 Å². The minimum Gasteiger partial charge on any atom is -0.313 e. The van der Waals surface area contributed by atoms with E-state index in [2.05, 4.69) is 22.3 Å². The van der Waals surface area contributed by atoms with Crippen molar-refractivity contribution in [1.29, 1.82) is 0 Å². The average Bonchev–Trinajstić information content (AvgIpc) is 2.81. The van der Waals surface area contributed by atoms with Crippen LogP contribution < -0.4 is 5.32 Å². The van der Waals surface area contributed by atoms with Crippen LogP contribution in [0.3, 0.4) is 0 Å². The second kappa shape index (κ2) is 3.52. The van der Waals surface area contributed by atoms with Crippen LogP contribution >= 0.6 is 0 Å². The van der Waals surface area contributed by atoms with Gasteiger partial charge in [-0.05, 0) is 55.9 Å². The second-order valence-corrected chi connectivity index (χ2v) is 6.00. The zero-order valence-corrected chi connectivity index (χ0v) is 10.2. The normalized spacial score (nSPS) is 43.5. The zero-order valence-electron chi connectivity index (χ0n) is 10.2.